The first-order valence-electron chi connectivity index (χ1n) is 9.29. The molecule has 0 unspecified atom stereocenters. The Morgan fingerprint density at radius 3 is 2.90 bits per heavy atom. The van der Waals surface area contributed by atoms with Crippen molar-refractivity contribution in [2.45, 2.75) is 19.8 Å². The molecule has 0 aliphatic rings. The molecule has 6 nitrogen and oxygen atoms in total. The third kappa shape index (κ3) is 4.59. The van der Waals surface area contributed by atoms with E-state index in [0.717, 1.165) is 22.6 Å². The molecule has 2 heterocycles. The van der Waals surface area contributed by atoms with Crippen molar-refractivity contribution in [3.63, 3.8) is 0 Å². The summed E-state index contributed by atoms with van der Waals surface area (Å²) < 4.78 is 7.37. The van der Waals surface area contributed by atoms with Gasteiger partial charge in [0, 0.05) is 22.4 Å². The fraction of sp³-hybridized carbons (Fsp3) is 0.190. The number of hydrogen-bond donors (Lipinski definition) is 1. The lowest BCUT2D eigenvalue weighted by molar-refractivity contribution is -0.116. The third-order valence-corrected chi connectivity index (χ3v) is 5.82. The van der Waals surface area contributed by atoms with Crippen LogP contribution in [-0.2, 0) is 4.79 Å². The van der Waals surface area contributed by atoms with Gasteiger partial charge in [0.15, 0.2) is 0 Å². The fourth-order valence-electron chi connectivity index (χ4n) is 2.93. The molecule has 2 aromatic carbocycles. The number of aromatic nitrogens is 3. The Balaban J connectivity index is 1.37. The number of carbonyl (C=O) groups is 1. The summed E-state index contributed by atoms with van der Waals surface area (Å²) in [6.45, 7) is 2.45. The summed E-state index contributed by atoms with van der Waals surface area (Å²) >= 11 is 13.8. The normalized spacial score (nSPS) is 11.0. The Bertz CT molecular complexity index is 1200. The molecule has 30 heavy (non-hydrogen) atoms. The number of anilines is 1. The fourth-order valence-corrected chi connectivity index (χ4v) is 4.14. The van der Waals surface area contributed by atoms with Gasteiger partial charge in [-0.1, -0.05) is 41.4 Å². The number of nitrogens with zero attached hydrogens (tertiary/aromatic N) is 3. The molecule has 154 valence electrons. The summed E-state index contributed by atoms with van der Waals surface area (Å²) in [5.74, 6) is 0.927. The van der Waals surface area contributed by atoms with E-state index >= 15 is 0 Å². The first-order chi connectivity index (χ1) is 14.5. The van der Waals surface area contributed by atoms with Crippen LogP contribution < -0.4 is 10.1 Å². The van der Waals surface area contributed by atoms with Crippen LogP contribution >= 0.6 is 34.5 Å². The quantitative estimate of drug-likeness (QED) is 0.350. The predicted octanol–water partition coefficient (Wildman–Crippen LogP) is 5.87. The molecule has 0 atom stereocenters. The van der Waals surface area contributed by atoms with Gasteiger partial charge in [-0.05, 0) is 43.2 Å². The van der Waals surface area contributed by atoms with E-state index in [1.165, 1.54) is 11.3 Å². The molecule has 1 amide bonds. The molecular formula is C21H18Cl2N4O2S. The minimum absolute atomic E-state index is 0.163. The molecule has 0 saturated heterocycles. The molecule has 0 fully saturated rings. The average molecular weight is 461 g/mol. The van der Waals surface area contributed by atoms with Crippen molar-refractivity contribution in [2.24, 2.45) is 0 Å². The van der Waals surface area contributed by atoms with E-state index in [-0.39, 0.29) is 11.9 Å². The van der Waals surface area contributed by atoms with E-state index in [2.05, 4.69) is 15.4 Å². The average Bonchev–Trinajstić information content (AvgIpc) is 3.28. The van der Waals surface area contributed by atoms with Crippen LogP contribution in [0.15, 0.2) is 47.8 Å². The minimum atomic E-state index is -0.163. The van der Waals surface area contributed by atoms with E-state index in [1.807, 2.05) is 36.6 Å². The van der Waals surface area contributed by atoms with Gasteiger partial charge in [0.2, 0.25) is 16.8 Å². The van der Waals surface area contributed by atoms with Crippen molar-refractivity contribution >= 4 is 51.4 Å². The maximum atomic E-state index is 12.3. The lowest BCUT2D eigenvalue weighted by atomic mass is 10.2. The van der Waals surface area contributed by atoms with Crippen molar-refractivity contribution in [2.75, 3.05) is 11.9 Å². The summed E-state index contributed by atoms with van der Waals surface area (Å²) in [7, 11) is 0. The summed E-state index contributed by atoms with van der Waals surface area (Å²) in [5.41, 5.74) is 2.59. The second kappa shape index (κ2) is 9.04. The lowest BCUT2D eigenvalue weighted by Gasteiger charge is -2.08. The number of aryl methyl sites for hydroxylation is 1. The van der Waals surface area contributed by atoms with Crippen molar-refractivity contribution in [3.8, 4) is 17.0 Å². The number of para-hydroxylation sites is 1. The Morgan fingerprint density at radius 2 is 2.07 bits per heavy atom. The van der Waals surface area contributed by atoms with Gasteiger partial charge in [-0.2, -0.15) is 4.98 Å². The van der Waals surface area contributed by atoms with Crippen molar-refractivity contribution in [3.05, 3.63) is 63.5 Å². The molecule has 0 bridgehead atoms. The predicted molar refractivity (Wildman–Crippen MR) is 121 cm³/mol. The number of rotatable bonds is 7. The second-order valence-corrected chi connectivity index (χ2v) is 8.32. The van der Waals surface area contributed by atoms with E-state index < -0.39 is 0 Å². The highest BCUT2D eigenvalue weighted by Gasteiger charge is 2.15. The zero-order valence-electron chi connectivity index (χ0n) is 16.1. The Hall–Kier alpha value is -2.61. The van der Waals surface area contributed by atoms with Crippen LogP contribution in [0.3, 0.4) is 0 Å². The van der Waals surface area contributed by atoms with Gasteiger partial charge < -0.3 is 4.74 Å². The van der Waals surface area contributed by atoms with Crippen LogP contribution in [-0.4, -0.2) is 27.1 Å². The number of thiazole rings is 1. The Morgan fingerprint density at radius 1 is 1.23 bits per heavy atom. The van der Waals surface area contributed by atoms with E-state index in [1.54, 1.807) is 22.7 Å². The number of fused-ring (bicyclic) bond motifs is 1. The summed E-state index contributed by atoms with van der Waals surface area (Å²) in [6, 6.07) is 13.0. The van der Waals surface area contributed by atoms with Crippen molar-refractivity contribution in [1.82, 2.24) is 14.6 Å². The van der Waals surface area contributed by atoms with Gasteiger partial charge in [0.25, 0.3) is 0 Å². The van der Waals surface area contributed by atoms with Crippen LogP contribution in [0, 0.1) is 6.92 Å². The molecule has 4 aromatic rings. The summed E-state index contributed by atoms with van der Waals surface area (Å²) in [5, 5.41) is 10.2. The third-order valence-electron chi connectivity index (χ3n) is 4.44. The Kier molecular flexibility index (Phi) is 6.22. The van der Waals surface area contributed by atoms with E-state index in [9.17, 15) is 4.79 Å². The smallest absolute Gasteiger partial charge is 0.250 e. The molecule has 0 saturated carbocycles. The van der Waals surface area contributed by atoms with Gasteiger partial charge in [-0.3, -0.25) is 10.1 Å². The highest BCUT2D eigenvalue weighted by Crippen LogP contribution is 2.33. The monoisotopic (exact) mass is 460 g/mol. The number of carbonyl (C=O) groups excluding carboxylic acids is 1. The largest absolute Gasteiger partial charge is 0.493 e. The van der Waals surface area contributed by atoms with Crippen molar-refractivity contribution in [1.29, 1.82) is 0 Å². The Labute approximate surface area is 187 Å². The summed E-state index contributed by atoms with van der Waals surface area (Å²) in [4.78, 5) is 17.3. The highest BCUT2D eigenvalue weighted by molar-refractivity contribution is 7.15. The van der Waals surface area contributed by atoms with Gasteiger partial charge in [-0.15, -0.1) is 16.4 Å². The molecule has 0 spiro atoms. The zero-order chi connectivity index (χ0) is 21.1. The standard InChI is InChI=1S/C21H18Cl2N4O2S/c1-13-5-2-3-6-18(13)29-10-4-7-19(28)24-20-25-21-27(26-20)17(12-30-21)15-11-14(22)8-9-16(15)23/h2-3,5-6,8-9,11-12H,4,7,10H2,1H3,(H,24,26,28). The van der Waals surface area contributed by atoms with E-state index in [4.69, 9.17) is 27.9 Å². The number of benzene rings is 2. The van der Waals surface area contributed by atoms with Crippen LogP contribution in [0.1, 0.15) is 18.4 Å². The van der Waals surface area contributed by atoms with Crippen molar-refractivity contribution < 1.29 is 9.53 Å². The topological polar surface area (TPSA) is 68.5 Å². The van der Waals surface area contributed by atoms with Crippen LogP contribution in [0.5, 0.6) is 5.75 Å². The number of hydrogen-bond acceptors (Lipinski definition) is 5. The molecule has 0 aliphatic heterocycles. The van der Waals surface area contributed by atoms with Crippen LogP contribution in [0.25, 0.3) is 16.2 Å². The maximum Gasteiger partial charge on any atom is 0.250 e. The highest BCUT2D eigenvalue weighted by atomic mass is 35.5. The number of ether oxygens (including phenoxy) is 1. The van der Waals surface area contributed by atoms with Crippen LogP contribution in [0.4, 0.5) is 5.95 Å². The minimum Gasteiger partial charge on any atom is -0.493 e. The number of halogens is 2. The van der Waals surface area contributed by atoms with E-state index in [0.29, 0.717) is 34.5 Å². The molecule has 9 heteroatoms. The first-order valence-corrected chi connectivity index (χ1v) is 10.9. The molecule has 0 radical (unpaired) electrons. The molecule has 2 aromatic heterocycles. The SMILES string of the molecule is Cc1ccccc1OCCCC(=O)Nc1nc2scc(-c3cc(Cl)ccc3Cl)n2n1. The summed E-state index contributed by atoms with van der Waals surface area (Å²) in [6.07, 6.45) is 0.900. The molecule has 0 aliphatic carbocycles. The lowest BCUT2D eigenvalue weighted by Crippen LogP contribution is -2.14. The zero-order valence-corrected chi connectivity index (χ0v) is 18.4. The second-order valence-electron chi connectivity index (χ2n) is 6.64. The number of nitrogens with one attached hydrogen (secondary N) is 1. The van der Waals surface area contributed by atoms with Gasteiger partial charge in [-0.25, -0.2) is 4.52 Å². The van der Waals surface area contributed by atoms with Crippen LogP contribution in [0.2, 0.25) is 10.0 Å². The molecular weight excluding hydrogens is 443 g/mol. The molecule has 1 N–H and O–H groups in total. The first kappa shape index (κ1) is 20.7. The maximum absolute atomic E-state index is 12.3. The number of amides is 1. The van der Waals surface area contributed by atoms with Gasteiger partial charge >= 0.3 is 0 Å². The van der Waals surface area contributed by atoms with Gasteiger partial charge in [0.1, 0.15) is 5.75 Å². The molecule has 4 rings (SSSR count). The van der Waals surface area contributed by atoms with Gasteiger partial charge in [0.05, 0.1) is 17.3 Å².